The Morgan fingerprint density at radius 2 is 2.04 bits per heavy atom. The Morgan fingerprint density at radius 3 is 2.75 bits per heavy atom. The van der Waals surface area contributed by atoms with Gasteiger partial charge in [-0.2, -0.15) is 0 Å². The number of halogens is 1. The molecule has 0 bridgehead atoms. The van der Waals surface area contributed by atoms with E-state index in [4.69, 9.17) is 0 Å². The lowest BCUT2D eigenvalue weighted by Gasteiger charge is -2.42. The molecule has 1 aromatic carbocycles. The Kier molecular flexibility index (Phi) is 5.80. The summed E-state index contributed by atoms with van der Waals surface area (Å²) in [6, 6.07) is 6.76. The van der Waals surface area contributed by atoms with Gasteiger partial charge in [-0.15, -0.1) is 0 Å². The number of hydrogen-bond acceptors (Lipinski definition) is 2. The van der Waals surface area contributed by atoms with Gasteiger partial charge in [0.2, 0.25) is 0 Å². The topological polar surface area (TPSA) is 23.5 Å². The summed E-state index contributed by atoms with van der Waals surface area (Å²) >= 11 is 0. The Morgan fingerprint density at radius 1 is 1.25 bits per heavy atom. The van der Waals surface area contributed by atoms with Gasteiger partial charge in [0.25, 0.3) is 0 Å². The normalized spacial score (nSPS) is 29.7. The first-order chi connectivity index (χ1) is 11.6. The molecule has 1 saturated carbocycles. The van der Waals surface area contributed by atoms with Gasteiger partial charge in [0, 0.05) is 19.0 Å². The first-order valence-corrected chi connectivity index (χ1v) is 9.79. The van der Waals surface area contributed by atoms with E-state index in [2.05, 4.69) is 4.90 Å². The highest BCUT2D eigenvalue weighted by Crippen LogP contribution is 2.42. The largest absolute Gasteiger partial charge is 0.508 e. The van der Waals surface area contributed by atoms with Crippen molar-refractivity contribution in [2.24, 2.45) is 11.8 Å². The van der Waals surface area contributed by atoms with Gasteiger partial charge in [0.1, 0.15) is 11.4 Å². The lowest BCUT2D eigenvalue weighted by Crippen LogP contribution is -2.46. The molecule has 0 aromatic heterocycles. The van der Waals surface area contributed by atoms with Crippen molar-refractivity contribution in [1.82, 2.24) is 4.90 Å². The van der Waals surface area contributed by atoms with Crippen LogP contribution in [0.5, 0.6) is 5.75 Å². The summed E-state index contributed by atoms with van der Waals surface area (Å²) in [6.45, 7) is 4.76. The zero-order valence-electron chi connectivity index (χ0n) is 15.0. The summed E-state index contributed by atoms with van der Waals surface area (Å²) in [5, 5.41) is 9.66. The molecule has 0 amide bonds. The maximum Gasteiger partial charge on any atom is 0.141 e. The molecule has 134 valence electrons. The van der Waals surface area contributed by atoms with E-state index in [1.165, 1.54) is 44.9 Å². The van der Waals surface area contributed by atoms with E-state index in [1.54, 1.807) is 18.2 Å². The fourth-order valence-electron chi connectivity index (χ4n) is 4.67. The van der Waals surface area contributed by atoms with Crippen LogP contribution in [-0.2, 0) is 5.67 Å². The number of alkyl halides is 1. The summed E-state index contributed by atoms with van der Waals surface area (Å²) in [7, 11) is 0. The van der Waals surface area contributed by atoms with Crippen molar-refractivity contribution < 1.29 is 9.50 Å². The summed E-state index contributed by atoms with van der Waals surface area (Å²) < 4.78 is 15.5. The van der Waals surface area contributed by atoms with E-state index in [0.29, 0.717) is 12.0 Å². The zero-order chi connectivity index (χ0) is 17.0. The predicted octanol–water partition coefficient (Wildman–Crippen LogP) is 5.26. The molecule has 2 atom stereocenters. The molecule has 1 aliphatic carbocycles. The van der Waals surface area contributed by atoms with Crippen molar-refractivity contribution >= 4 is 0 Å². The van der Waals surface area contributed by atoms with Crippen molar-refractivity contribution in [3.8, 4) is 5.75 Å². The number of rotatable bonds is 5. The first kappa shape index (κ1) is 17.7. The monoisotopic (exact) mass is 333 g/mol. The van der Waals surface area contributed by atoms with E-state index >= 15 is 4.39 Å². The molecule has 2 fully saturated rings. The smallest absolute Gasteiger partial charge is 0.141 e. The Bertz CT molecular complexity index is 528. The van der Waals surface area contributed by atoms with Crippen molar-refractivity contribution in [1.29, 1.82) is 0 Å². The van der Waals surface area contributed by atoms with E-state index < -0.39 is 5.67 Å². The van der Waals surface area contributed by atoms with Gasteiger partial charge in [-0.25, -0.2) is 4.39 Å². The molecule has 1 aliphatic heterocycles. The third-order valence-corrected chi connectivity index (χ3v) is 6.24. The van der Waals surface area contributed by atoms with Gasteiger partial charge in [0.15, 0.2) is 0 Å². The third kappa shape index (κ3) is 4.11. The summed E-state index contributed by atoms with van der Waals surface area (Å²) in [5.74, 6) is 1.06. The molecule has 24 heavy (non-hydrogen) atoms. The van der Waals surface area contributed by atoms with Crippen LogP contribution in [0.3, 0.4) is 0 Å². The van der Waals surface area contributed by atoms with Gasteiger partial charge < -0.3 is 10.0 Å². The fourth-order valence-corrected chi connectivity index (χ4v) is 4.67. The standard InChI is InChI=1S/C21H32FNO/c1-17-16-23(13-6-9-18-7-3-2-4-8-18)14-12-21(17,22)19-10-5-11-20(24)15-19/h5,10-11,15,17-18,24H,2-4,6-9,12-14,16H2,1H3. The minimum atomic E-state index is -1.31. The van der Waals surface area contributed by atoms with Crippen molar-refractivity contribution in [2.45, 2.75) is 64.0 Å². The van der Waals surface area contributed by atoms with Gasteiger partial charge in [-0.3, -0.25) is 0 Å². The average molecular weight is 333 g/mol. The maximum atomic E-state index is 15.5. The van der Waals surface area contributed by atoms with Crippen molar-refractivity contribution in [3.63, 3.8) is 0 Å². The molecular formula is C21H32FNO. The highest BCUT2D eigenvalue weighted by atomic mass is 19.1. The third-order valence-electron chi connectivity index (χ3n) is 6.24. The molecule has 0 radical (unpaired) electrons. The maximum absolute atomic E-state index is 15.5. The number of benzene rings is 1. The lowest BCUT2D eigenvalue weighted by molar-refractivity contribution is 0.000557. The Labute approximate surface area is 146 Å². The van der Waals surface area contributed by atoms with Crippen LogP contribution in [-0.4, -0.2) is 29.6 Å². The second kappa shape index (κ2) is 7.86. The minimum Gasteiger partial charge on any atom is -0.508 e. The average Bonchev–Trinajstić information content (AvgIpc) is 2.59. The fraction of sp³-hybridized carbons (Fsp3) is 0.714. The number of nitrogens with zero attached hydrogens (tertiary/aromatic N) is 1. The van der Waals surface area contributed by atoms with Crippen molar-refractivity contribution in [3.05, 3.63) is 29.8 Å². The number of phenolic OH excluding ortho intramolecular Hbond substituents is 1. The molecule has 2 nitrogen and oxygen atoms in total. The lowest BCUT2D eigenvalue weighted by atomic mass is 9.78. The van der Waals surface area contributed by atoms with Crippen LogP contribution in [0.1, 0.15) is 63.9 Å². The van der Waals surface area contributed by atoms with Crippen LogP contribution in [0.2, 0.25) is 0 Å². The highest BCUT2D eigenvalue weighted by Gasteiger charge is 2.42. The van der Waals surface area contributed by atoms with Crippen LogP contribution in [0, 0.1) is 11.8 Å². The summed E-state index contributed by atoms with van der Waals surface area (Å²) in [4.78, 5) is 2.44. The summed E-state index contributed by atoms with van der Waals surface area (Å²) in [6.07, 6.45) is 10.2. The van der Waals surface area contributed by atoms with E-state index in [1.807, 2.05) is 13.0 Å². The molecule has 0 spiro atoms. The van der Waals surface area contributed by atoms with Crippen LogP contribution in [0.25, 0.3) is 0 Å². The van der Waals surface area contributed by atoms with Crippen LogP contribution >= 0.6 is 0 Å². The number of likely N-dealkylation sites (tertiary alicyclic amines) is 1. The van der Waals surface area contributed by atoms with E-state index in [-0.39, 0.29) is 11.7 Å². The van der Waals surface area contributed by atoms with Gasteiger partial charge >= 0.3 is 0 Å². The van der Waals surface area contributed by atoms with Crippen LogP contribution in [0.4, 0.5) is 4.39 Å². The first-order valence-electron chi connectivity index (χ1n) is 9.79. The SMILES string of the molecule is CC1CN(CCCC2CCCCC2)CCC1(F)c1cccc(O)c1. The number of piperidine rings is 1. The zero-order valence-corrected chi connectivity index (χ0v) is 15.0. The predicted molar refractivity (Wildman–Crippen MR) is 96.9 cm³/mol. The molecule has 3 heteroatoms. The Balaban J connectivity index is 1.49. The molecule has 2 unspecified atom stereocenters. The molecule has 3 rings (SSSR count). The van der Waals surface area contributed by atoms with Crippen LogP contribution in [0.15, 0.2) is 24.3 Å². The van der Waals surface area contributed by atoms with Crippen molar-refractivity contribution in [2.75, 3.05) is 19.6 Å². The second-order valence-electron chi connectivity index (χ2n) is 8.01. The molecule has 1 N–H and O–H groups in total. The highest BCUT2D eigenvalue weighted by molar-refractivity contribution is 5.32. The van der Waals surface area contributed by atoms with E-state index in [9.17, 15) is 5.11 Å². The minimum absolute atomic E-state index is 0.0391. The molecular weight excluding hydrogens is 301 g/mol. The number of aromatic hydroxyl groups is 1. The second-order valence-corrected chi connectivity index (χ2v) is 8.01. The quantitative estimate of drug-likeness (QED) is 0.794. The van der Waals surface area contributed by atoms with Gasteiger partial charge in [-0.1, -0.05) is 51.2 Å². The Hall–Kier alpha value is -1.09. The number of phenols is 1. The summed E-state index contributed by atoms with van der Waals surface area (Å²) in [5.41, 5.74) is -0.671. The number of hydrogen-bond donors (Lipinski definition) is 1. The van der Waals surface area contributed by atoms with Gasteiger partial charge in [-0.05, 0) is 49.4 Å². The molecule has 1 heterocycles. The molecule has 1 aromatic rings. The van der Waals surface area contributed by atoms with Crippen LogP contribution < -0.4 is 0 Å². The molecule has 2 aliphatic rings. The molecule has 1 saturated heterocycles. The van der Waals surface area contributed by atoms with Gasteiger partial charge in [0.05, 0.1) is 0 Å². The van der Waals surface area contributed by atoms with E-state index in [0.717, 1.165) is 25.6 Å².